The van der Waals surface area contributed by atoms with Gasteiger partial charge in [-0.3, -0.25) is 0 Å². The molecule has 0 atom stereocenters. The van der Waals surface area contributed by atoms with Gasteiger partial charge in [0.15, 0.2) is 17.5 Å². The standard InChI is InChI=1S/C29H19NO.C27H17N3S/c1-2-8-20(9-3-1)26-13-7-14-27(30-26)23-11-6-10-21(18-23)22-16-17-29-25(19-22)24-12-4-5-15-28(24)31-29;1-3-9-18(10-4-1)25-28-26(19-11-5-2-6-12-19)30-27(29-25)20-15-16-22-21-13-7-8-14-23(21)31-24(22)17-20/h1-19H;1-17H. The van der Waals surface area contributed by atoms with Crippen LogP contribution in [-0.2, 0) is 0 Å². The molecule has 0 N–H and O–H groups in total. The van der Waals surface area contributed by atoms with Crippen LogP contribution in [0.3, 0.4) is 0 Å². The van der Waals surface area contributed by atoms with Gasteiger partial charge in [-0.15, -0.1) is 11.3 Å². The first-order valence-electron chi connectivity index (χ1n) is 20.5. The maximum atomic E-state index is 5.98. The van der Waals surface area contributed by atoms with Crippen LogP contribution >= 0.6 is 11.3 Å². The van der Waals surface area contributed by atoms with E-state index >= 15 is 0 Å². The number of rotatable bonds is 6. The average Bonchev–Trinajstić information content (AvgIpc) is 3.93. The maximum absolute atomic E-state index is 5.98. The summed E-state index contributed by atoms with van der Waals surface area (Å²) < 4.78 is 8.51. The van der Waals surface area contributed by atoms with Crippen LogP contribution in [0.15, 0.2) is 223 Å². The lowest BCUT2D eigenvalue weighted by molar-refractivity contribution is 0.669. The Morgan fingerprint density at radius 2 is 0.774 bits per heavy atom. The Kier molecular flexibility index (Phi) is 9.65. The van der Waals surface area contributed by atoms with E-state index in [0.29, 0.717) is 17.5 Å². The van der Waals surface area contributed by atoms with E-state index < -0.39 is 0 Å². The number of furan rings is 1. The summed E-state index contributed by atoms with van der Waals surface area (Å²) in [6.07, 6.45) is 0. The molecule has 0 bridgehead atoms. The number of aromatic nitrogens is 4. The van der Waals surface area contributed by atoms with Crippen molar-refractivity contribution in [1.82, 2.24) is 19.9 Å². The third kappa shape index (κ3) is 7.29. The lowest BCUT2D eigenvalue weighted by Gasteiger charge is -2.08. The molecule has 62 heavy (non-hydrogen) atoms. The second-order valence-corrected chi connectivity index (χ2v) is 16.1. The molecule has 8 aromatic carbocycles. The SMILES string of the molecule is c1ccc(-c2cccc(-c3cccc(-c4ccc5oc6ccccc6c5c4)c3)n2)cc1.c1ccc(-c2nc(-c3ccccc3)nc(-c3ccc4c(c3)sc3ccccc34)n2)cc1. The maximum Gasteiger partial charge on any atom is 0.164 e. The van der Waals surface area contributed by atoms with E-state index in [1.807, 2.05) is 91.0 Å². The molecule has 5 nitrogen and oxygen atoms in total. The van der Waals surface area contributed by atoms with E-state index in [-0.39, 0.29) is 0 Å². The van der Waals surface area contributed by atoms with Gasteiger partial charge in [0, 0.05) is 58.8 Å². The second-order valence-electron chi connectivity index (χ2n) is 15.0. The lowest BCUT2D eigenvalue weighted by Crippen LogP contribution is -1.99. The van der Waals surface area contributed by atoms with Gasteiger partial charge in [0.05, 0.1) is 11.4 Å². The van der Waals surface area contributed by atoms with Crippen molar-refractivity contribution in [2.24, 2.45) is 0 Å². The summed E-state index contributed by atoms with van der Waals surface area (Å²) in [5.74, 6) is 2.05. The molecule has 0 amide bonds. The molecule has 0 radical (unpaired) electrons. The molecule has 0 aliphatic heterocycles. The number of pyridine rings is 1. The fraction of sp³-hybridized carbons (Fsp3) is 0. The number of hydrogen-bond donors (Lipinski definition) is 0. The first-order chi connectivity index (χ1) is 30.7. The zero-order valence-electron chi connectivity index (χ0n) is 33.4. The highest BCUT2D eigenvalue weighted by atomic mass is 32.1. The zero-order chi connectivity index (χ0) is 41.2. The Morgan fingerprint density at radius 1 is 0.274 bits per heavy atom. The monoisotopic (exact) mass is 812 g/mol. The Morgan fingerprint density at radius 3 is 1.50 bits per heavy atom. The number of para-hydroxylation sites is 1. The molecule has 12 aromatic rings. The van der Waals surface area contributed by atoms with Crippen LogP contribution in [-0.4, -0.2) is 19.9 Å². The summed E-state index contributed by atoms with van der Waals surface area (Å²) in [6, 6.07) is 74.8. The molecule has 292 valence electrons. The fourth-order valence-corrected chi connectivity index (χ4v) is 9.08. The molecule has 0 aliphatic rings. The zero-order valence-corrected chi connectivity index (χ0v) is 34.2. The van der Waals surface area contributed by atoms with Gasteiger partial charge in [-0.05, 0) is 59.7 Å². The van der Waals surface area contributed by atoms with E-state index in [0.717, 1.165) is 66.7 Å². The quantitative estimate of drug-likeness (QED) is 0.167. The van der Waals surface area contributed by atoms with E-state index in [1.165, 1.54) is 25.7 Å². The van der Waals surface area contributed by atoms with Crippen LogP contribution in [0.5, 0.6) is 0 Å². The second kappa shape index (κ2) is 16.2. The largest absolute Gasteiger partial charge is 0.456 e. The van der Waals surface area contributed by atoms with Gasteiger partial charge >= 0.3 is 0 Å². The van der Waals surface area contributed by atoms with Crippen molar-refractivity contribution in [1.29, 1.82) is 0 Å². The van der Waals surface area contributed by atoms with E-state index in [4.69, 9.17) is 24.4 Å². The predicted octanol–water partition coefficient (Wildman–Crippen LogP) is 15.2. The number of benzene rings is 8. The van der Waals surface area contributed by atoms with Gasteiger partial charge in [0.1, 0.15) is 11.2 Å². The minimum atomic E-state index is 0.681. The third-order valence-electron chi connectivity index (χ3n) is 11.0. The lowest BCUT2D eigenvalue weighted by atomic mass is 9.99. The average molecular weight is 813 g/mol. The van der Waals surface area contributed by atoms with Crippen molar-refractivity contribution >= 4 is 53.4 Å². The van der Waals surface area contributed by atoms with Crippen LogP contribution in [0.2, 0.25) is 0 Å². The summed E-state index contributed by atoms with van der Waals surface area (Å²) >= 11 is 1.80. The van der Waals surface area contributed by atoms with Gasteiger partial charge < -0.3 is 4.42 Å². The molecule has 6 heteroatoms. The van der Waals surface area contributed by atoms with Crippen molar-refractivity contribution in [3.05, 3.63) is 218 Å². The van der Waals surface area contributed by atoms with Crippen LogP contribution in [0.4, 0.5) is 0 Å². The first-order valence-corrected chi connectivity index (χ1v) is 21.4. The molecule has 4 heterocycles. The van der Waals surface area contributed by atoms with Gasteiger partial charge in [-0.2, -0.15) is 0 Å². The summed E-state index contributed by atoms with van der Waals surface area (Å²) in [7, 11) is 0. The Hall–Kier alpha value is -8.06. The highest BCUT2D eigenvalue weighted by Gasteiger charge is 2.14. The number of fused-ring (bicyclic) bond motifs is 6. The topological polar surface area (TPSA) is 64.7 Å². The van der Waals surface area contributed by atoms with Crippen molar-refractivity contribution in [3.63, 3.8) is 0 Å². The van der Waals surface area contributed by atoms with E-state index in [9.17, 15) is 0 Å². The molecule has 0 aliphatic carbocycles. The highest BCUT2D eigenvalue weighted by Crippen LogP contribution is 2.37. The number of thiophene rings is 1. The molecule has 0 spiro atoms. The van der Waals surface area contributed by atoms with E-state index in [1.54, 1.807) is 11.3 Å². The summed E-state index contributed by atoms with van der Waals surface area (Å²) in [6.45, 7) is 0. The van der Waals surface area contributed by atoms with Gasteiger partial charge in [0.25, 0.3) is 0 Å². The van der Waals surface area contributed by atoms with Gasteiger partial charge in [-0.1, -0.05) is 170 Å². The number of nitrogens with zero attached hydrogens (tertiary/aromatic N) is 4. The molecule has 4 aromatic heterocycles. The van der Waals surface area contributed by atoms with Crippen LogP contribution in [0.1, 0.15) is 0 Å². The molecule has 0 unspecified atom stereocenters. The van der Waals surface area contributed by atoms with Crippen molar-refractivity contribution in [3.8, 4) is 67.8 Å². The summed E-state index contributed by atoms with van der Waals surface area (Å²) in [5, 5.41) is 4.85. The predicted molar refractivity (Wildman–Crippen MR) is 257 cm³/mol. The molecule has 12 rings (SSSR count). The molecular formula is C56H36N4OS. The van der Waals surface area contributed by atoms with Crippen molar-refractivity contribution in [2.45, 2.75) is 0 Å². The van der Waals surface area contributed by atoms with E-state index in [2.05, 4.69) is 127 Å². The van der Waals surface area contributed by atoms with Gasteiger partial charge in [0.2, 0.25) is 0 Å². The molecular weight excluding hydrogens is 777 g/mol. The molecule has 0 saturated heterocycles. The minimum absolute atomic E-state index is 0.681. The van der Waals surface area contributed by atoms with Crippen molar-refractivity contribution in [2.75, 3.05) is 0 Å². The third-order valence-corrected chi connectivity index (χ3v) is 12.2. The smallest absolute Gasteiger partial charge is 0.164 e. The fourth-order valence-electron chi connectivity index (χ4n) is 7.93. The van der Waals surface area contributed by atoms with Crippen LogP contribution in [0.25, 0.3) is 110 Å². The minimum Gasteiger partial charge on any atom is -0.456 e. The number of hydrogen-bond acceptors (Lipinski definition) is 6. The van der Waals surface area contributed by atoms with Crippen molar-refractivity contribution < 1.29 is 4.42 Å². The first kappa shape index (κ1) is 37.0. The summed E-state index contributed by atoms with van der Waals surface area (Å²) in [5.41, 5.74) is 11.3. The molecule has 0 fully saturated rings. The summed E-state index contributed by atoms with van der Waals surface area (Å²) in [4.78, 5) is 19.4. The van der Waals surface area contributed by atoms with Gasteiger partial charge in [-0.25, -0.2) is 19.9 Å². The Bertz CT molecular complexity index is 3470. The Balaban J connectivity index is 0.000000139. The normalized spacial score (nSPS) is 11.2. The molecule has 0 saturated carbocycles. The highest BCUT2D eigenvalue weighted by molar-refractivity contribution is 7.25. The Labute approximate surface area is 362 Å². The van der Waals surface area contributed by atoms with Crippen LogP contribution < -0.4 is 0 Å². The van der Waals surface area contributed by atoms with Crippen LogP contribution in [0, 0.1) is 0 Å².